The molecule has 4 aromatic rings. The fourth-order valence-electron chi connectivity index (χ4n) is 3.05. The number of hydrogen-bond donors (Lipinski definition) is 0. The number of esters is 1. The van der Waals surface area contributed by atoms with E-state index in [0.717, 1.165) is 39.8 Å². The van der Waals surface area contributed by atoms with Gasteiger partial charge in [-0.2, -0.15) is 0 Å². The third-order valence-corrected chi connectivity index (χ3v) is 5.60. The zero-order chi connectivity index (χ0) is 18.6. The van der Waals surface area contributed by atoms with Crippen molar-refractivity contribution in [3.8, 4) is 0 Å². The number of fused-ring (bicyclic) bond motifs is 2. The molecule has 0 aliphatic rings. The molecule has 27 heavy (non-hydrogen) atoms. The lowest BCUT2D eigenvalue weighted by Gasteiger charge is -2.13. The van der Waals surface area contributed by atoms with Crippen molar-refractivity contribution in [2.75, 3.05) is 0 Å². The van der Waals surface area contributed by atoms with Crippen LogP contribution in [0.15, 0.2) is 60.8 Å². The van der Waals surface area contributed by atoms with Crippen LogP contribution in [0, 0.1) is 0 Å². The Hall–Kier alpha value is -2.79. The van der Waals surface area contributed by atoms with Crippen molar-refractivity contribution >= 4 is 38.4 Å². The van der Waals surface area contributed by atoms with E-state index in [1.807, 2.05) is 55.5 Å². The number of carbonyl (C=O) groups is 1. The standard InChI is InChI=1S/C22H20N2O2S/c1-15(17-13-16-7-2-3-8-18(16)23-14-17)26-22(25)12-6-11-21-24-19-9-4-5-10-20(19)27-21/h2-5,7-10,13-15H,6,11-12H2,1H3. The Kier molecular flexibility index (Phi) is 5.12. The molecular weight excluding hydrogens is 356 g/mol. The Bertz CT molecular complexity index is 1060. The topological polar surface area (TPSA) is 52.1 Å². The lowest BCUT2D eigenvalue weighted by atomic mass is 10.1. The maximum atomic E-state index is 12.2. The van der Waals surface area contributed by atoms with Gasteiger partial charge in [0.2, 0.25) is 0 Å². The molecule has 0 N–H and O–H groups in total. The molecule has 0 radical (unpaired) electrons. The van der Waals surface area contributed by atoms with E-state index in [1.54, 1.807) is 17.5 Å². The second kappa shape index (κ2) is 7.84. The molecule has 136 valence electrons. The molecule has 0 aliphatic heterocycles. The number of benzene rings is 2. The molecule has 2 aromatic heterocycles. The van der Waals surface area contributed by atoms with Gasteiger partial charge in [0.25, 0.3) is 0 Å². The minimum absolute atomic E-state index is 0.184. The van der Waals surface area contributed by atoms with Crippen LogP contribution >= 0.6 is 11.3 Å². The Morgan fingerprint density at radius 1 is 1.11 bits per heavy atom. The van der Waals surface area contributed by atoms with Crippen molar-refractivity contribution in [1.29, 1.82) is 0 Å². The summed E-state index contributed by atoms with van der Waals surface area (Å²) in [6.45, 7) is 1.89. The zero-order valence-electron chi connectivity index (χ0n) is 15.1. The van der Waals surface area contributed by atoms with E-state index in [9.17, 15) is 4.79 Å². The Morgan fingerprint density at radius 2 is 1.89 bits per heavy atom. The van der Waals surface area contributed by atoms with Crippen LogP contribution in [0.5, 0.6) is 0 Å². The van der Waals surface area contributed by atoms with Crippen LogP contribution in [0.1, 0.15) is 36.4 Å². The predicted molar refractivity (Wildman–Crippen MR) is 109 cm³/mol. The molecule has 4 nitrogen and oxygen atoms in total. The average Bonchev–Trinajstić information content (AvgIpc) is 3.10. The van der Waals surface area contributed by atoms with Crippen molar-refractivity contribution in [3.05, 3.63) is 71.4 Å². The number of rotatable bonds is 6. The first-order valence-electron chi connectivity index (χ1n) is 9.08. The highest BCUT2D eigenvalue weighted by Gasteiger charge is 2.13. The summed E-state index contributed by atoms with van der Waals surface area (Å²) in [5.41, 5.74) is 2.88. The largest absolute Gasteiger partial charge is 0.458 e. The van der Waals surface area contributed by atoms with Crippen LogP contribution in [0.2, 0.25) is 0 Å². The molecule has 1 atom stereocenters. The molecule has 0 saturated carbocycles. The van der Waals surface area contributed by atoms with E-state index < -0.39 is 0 Å². The molecule has 2 heterocycles. The molecule has 0 aliphatic carbocycles. The molecule has 0 saturated heterocycles. The Balaban J connectivity index is 1.31. The first kappa shape index (κ1) is 17.6. The minimum Gasteiger partial charge on any atom is -0.458 e. The lowest BCUT2D eigenvalue weighted by molar-refractivity contribution is -0.148. The number of aryl methyl sites for hydroxylation is 1. The van der Waals surface area contributed by atoms with Crippen molar-refractivity contribution < 1.29 is 9.53 Å². The monoisotopic (exact) mass is 376 g/mol. The predicted octanol–water partition coefficient (Wildman–Crippen LogP) is 5.47. The molecular formula is C22H20N2O2S. The number of thiazole rings is 1. The first-order valence-corrected chi connectivity index (χ1v) is 9.89. The molecule has 0 bridgehead atoms. The van der Waals surface area contributed by atoms with Crippen LogP contribution in [-0.4, -0.2) is 15.9 Å². The number of para-hydroxylation sites is 2. The quantitative estimate of drug-likeness (QED) is 0.419. The Morgan fingerprint density at radius 3 is 2.74 bits per heavy atom. The number of pyridine rings is 1. The summed E-state index contributed by atoms with van der Waals surface area (Å²) >= 11 is 1.69. The van der Waals surface area contributed by atoms with Gasteiger partial charge in [-0.3, -0.25) is 9.78 Å². The van der Waals surface area contributed by atoms with Gasteiger partial charge in [0.15, 0.2) is 0 Å². The summed E-state index contributed by atoms with van der Waals surface area (Å²) in [4.78, 5) is 21.2. The third-order valence-electron chi connectivity index (χ3n) is 4.50. The molecule has 2 aromatic carbocycles. The van der Waals surface area contributed by atoms with Gasteiger partial charge in [-0.25, -0.2) is 4.98 Å². The molecule has 0 fully saturated rings. The van der Waals surface area contributed by atoms with Gasteiger partial charge in [-0.15, -0.1) is 11.3 Å². The zero-order valence-corrected chi connectivity index (χ0v) is 15.9. The third kappa shape index (κ3) is 4.14. The van der Waals surface area contributed by atoms with E-state index >= 15 is 0 Å². The van der Waals surface area contributed by atoms with Crippen molar-refractivity contribution in [2.24, 2.45) is 0 Å². The van der Waals surface area contributed by atoms with Crippen LogP contribution in [0.25, 0.3) is 21.1 Å². The Labute approximate surface area is 161 Å². The van der Waals surface area contributed by atoms with Gasteiger partial charge in [0.1, 0.15) is 6.10 Å². The van der Waals surface area contributed by atoms with Crippen LogP contribution < -0.4 is 0 Å². The molecule has 0 spiro atoms. The number of aromatic nitrogens is 2. The smallest absolute Gasteiger partial charge is 0.306 e. The number of hydrogen-bond acceptors (Lipinski definition) is 5. The number of carbonyl (C=O) groups excluding carboxylic acids is 1. The molecule has 0 amide bonds. The first-order chi connectivity index (χ1) is 13.2. The summed E-state index contributed by atoms with van der Waals surface area (Å²) in [5.74, 6) is -0.184. The highest BCUT2D eigenvalue weighted by Crippen LogP contribution is 2.24. The fourth-order valence-corrected chi connectivity index (χ4v) is 4.05. The van der Waals surface area contributed by atoms with Crippen LogP contribution in [-0.2, 0) is 16.0 Å². The van der Waals surface area contributed by atoms with Crippen molar-refractivity contribution in [3.63, 3.8) is 0 Å². The van der Waals surface area contributed by atoms with Crippen molar-refractivity contribution in [1.82, 2.24) is 9.97 Å². The normalized spacial score (nSPS) is 12.3. The minimum atomic E-state index is -0.308. The van der Waals surface area contributed by atoms with Gasteiger partial charge >= 0.3 is 5.97 Å². The van der Waals surface area contributed by atoms with Gasteiger partial charge in [0, 0.05) is 23.6 Å². The highest BCUT2D eigenvalue weighted by atomic mass is 32.1. The van der Waals surface area contributed by atoms with Gasteiger partial charge in [0.05, 0.1) is 20.7 Å². The molecule has 1 unspecified atom stereocenters. The van der Waals surface area contributed by atoms with Crippen LogP contribution in [0.3, 0.4) is 0 Å². The summed E-state index contributed by atoms with van der Waals surface area (Å²) in [5, 5.41) is 2.12. The average molecular weight is 376 g/mol. The second-order valence-corrected chi connectivity index (χ2v) is 7.64. The van der Waals surface area contributed by atoms with E-state index in [2.05, 4.69) is 16.0 Å². The van der Waals surface area contributed by atoms with E-state index in [1.165, 1.54) is 4.70 Å². The SMILES string of the molecule is CC(OC(=O)CCCc1nc2ccccc2s1)c1cnc2ccccc2c1. The molecule has 5 heteroatoms. The van der Waals surface area contributed by atoms with Crippen LogP contribution in [0.4, 0.5) is 0 Å². The lowest BCUT2D eigenvalue weighted by Crippen LogP contribution is -2.09. The summed E-state index contributed by atoms with van der Waals surface area (Å²) in [6, 6.07) is 18.1. The van der Waals surface area contributed by atoms with Gasteiger partial charge < -0.3 is 4.74 Å². The summed E-state index contributed by atoms with van der Waals surface area (Å²) < 4.78 is 6.77. The van der Waals surface area contributed by atoms with Gasteiger partial charge in [-0.05, 0) is 44.0 Å². The fraction of sp³-hybridized carbons (Fsp3) is 0.227. The number of nitrogens with zero attached hydrogens (tertiary/aromatic N) is 2. The molecule has 4 rings (SSSR count). The van der Waals surface area contributed by atoms with E-state index in [-0.39, 0.29) is 12.1 Å². The van der Waals surface area contributed by atoms with E-state index in [0.29, 0.717) is 6.42 Å². The van der Waals surface area contributed by atoms with Crippen molar-refractivity contribution in [2.45, 2.75) is 32.3 Å². The van der Waals surface area contributed by atoms with Gasteiger partial charge in [-0.1, -0.05) is 30.3 Å². The number of ether oxygens (including phenoxy) is 1. The summed E-state index contributed by atoms with van der Waals surface area (Å²) in [7, 11) is 0. The summed E-state index contributed by atoms with van der Waals surface area (Å²) in [6.07, 6.45) is 3.39. The van der Waals surface area contributed by atoms with E-state index in [4.69, 9.17) is 4.74 Å². The highest BCUT2D eigenvalue weighted by molar-refractivity contribution is 7.18. The maximum absolute atomic E-state index is 12.2. The second-order valence-electron chi connectivity index (χ2n) is 6.52. The maximum Gasteiger partial charge on any atom is 0.306 e.